The third-order valence-corrected chi connectivity index (χ3v) is 5.15. The number of aromatic nitrogens is 4. The summed E-state index contributed by atoms with van der Waals surface area (Å²) in [5, 5.41) is 5.24. The minimum Gasteiger partial charge on any atom is -0.339 e. The molecule has 0 bridgehead atoms. The van der Waals surface area contributed by atoms with E-state index in [4.69, 9.17) is 0 Å². The molecule has 1 amide bonds. The van der Waals surface area contributed by atoms with Crippen molar-refractivity contribution in [3.63, 3.8) is 0 Å². The normalized spacial score (nSPS) is 14.6. The number of H-pyrrole nitrogens is 1. The zero-order valence-electron chi connectivity index (χ0n) is 14.6. The molecule has 1 aromatic carbocycles. The monoisotopic (exact) mass is 345 g/mol. The molecule has 0 saturated carbocycles. The number of nitrogens with one attached hydrogen (secondary N) is 1. The summed E-state index contributed by atoms with van der Waals surface area (Å²) in [6.07, 6.45) is 5.95. The molecular weight excluding hydrogens is 326 g/mol. The number of carbonyl (C=O) groups is 1. The Morgan fingerprint density at radius 2 is 2.04 bits per heavy atom. The van der Waals surface area contributed by atoms with Crippen molar-refractivity contribution in [2.24, 2.45) is 7.05 Å². The van der Waals surface area contributed by atoms with Crippen LogP contribution in [0.5, 0.6) is 0 Å². The Labute approximate surface area is 150 Å². The van der Waals surface area contributed by atoms with E-state index in [9.17, 15) is 4.79 Å². The number of hydrogen-bond acceptors (Lipinski definition) is 3. The lowest BCUT2D eigenvalue weighted by atomic mass is 10.1. The first-order valence-electron chi connectivity index (χ1n) is 8.90. The fourth-order valence-electron chi connectivity index (χ4n) is 3.80. The Hall–Kier alpha value is -3.15. The van der Waals surface area contributed by atoms with E-state index in [1.807, 2.05) is 53.3 Å². The van der Waals surface area contributed by atoms with E-state index >= 15 is 0 Å². The molecule has 5 rings (SSSR count). The van der Waals surface area contributed by atoms with Gasteiger partial charge in [0.05, 0.1) is 11.2 Å². The fourth-order valence-corrected chi connectivity index (χ4v) is 3.80. The van der Waals surface area contributed by atoms with Gasteiger partial charge in [0.25, 0.3) is 5.91 Å². The van der Waals surface area contributed by atoms with E-state index in [-0.39, 0.29) is 5.91 Å². The number of carbonyl (C=O) groups excluding carboxylic acids is 1. The van der Waals surface area contributed by atoms with Gasteiger partial charge < -0.3 is 10.00 Å². The molecule has 4 aromatic rings. The average molecular weight is 345 g/mol. The minimum atomic E-state index is 0.109. The number of amides is 1. The van der Waals surface area contributed by atoms with Crippen molar-refractivity contribution in [2.45, 2.75) is 12.8 Å². The first-order chi connectivity index (χ1) is 12.7. The molecule has 4 heterocycles. The first-order valence-corrected chi connectivity index (χ1v) is 8.90. The molecule has 1 N–H and O–H groups in total. The molecule has 6 nitrogen and oxygen atoms in total. The molecule has 26 heavy (non-hydrogen) atoms. The van der Waals surface area contributed by atoms with Gasteiger partial charge in [-0.1, -0.05) is 12.1 Å². The van der Waals surface area contributed by atoms with E-state index in [0.717, 1.165) is 64.7 Å². The third-order valence-electron chi connectivity index (χ3n) is 5.15. The fraction of sp³-hybridized carbons (Fsp3) is 0.250. The Morgan fingerprint density at radius 1 is 1.19 bits per heavy atom. The molecule has 1 aliphatic heterocycles. The summed E-state index contributed by atoms with van der Waals surface area (Å²) in [6, 6.07) is 9.80. The zero-order valence-corrected chi connectivity index (χ0v) is 14.6. The number of rotatable bonds is 2. The Kier molecular flexibility index (Phi) is 3.31. The van der Waals surface area contributed by atoms with Crippen LogP contribution in [0.3, 0.4) is 0 Å². The number of pyridine rings is 1. The van der Waals surface area contributed by atoms with Crippen LogP contribution in [0.4, 0.5) is 0 Å². The Balaban J connectivity index is 1.59. The third kappa shape index (κ3) is 2.29. The summed E-state index contributed by atoms with van der Waals surface area (Å²) < 4.78 is 1.97. The molecule has 130 valence electrons. The van der Waals surface area contributed by atoms with E-state index in [0.29, 0.717) is 0 Å². The average Bonchev–Trinajstić information content (AvgIpc) is 3.40. The quantitative estimate of drug-likeness (QED) is 0.606. The second-order valence-electron chi connectivity index (χ2n) is 6.85. The van der Waals surface area contributed by atoms with Crippen LogP contribution in [0, 0.1) is 0 Å². The van der Waals surface area contributed by atoms with Crippen LogP contribution in [0.2, 0.25) is 0 Å². The lowest BCUT2D eigenvalue weighted by molar-refractivity contribution is 0.0793. The maximum atomic E-state index is 12.7. The van der Waals surface area contributed by atoms with Crippen LogP contribution in [0.15, 0.2) is 42.7 Å². The highest BCUT2D eigenvalue weighted by Gasteiger charge is 2.20. The number of aryl methyl sites for hydroxylation is 1. The summed E-state index contributed by atoms with van der Waals surface area (Å²) in [5.41, 5.74) is 4.32. The van der Waals surface area contributed by atoms with Crippen LogP contribution < -0.4 is 0 Å². The van der Waals surface area contributed by atoms with Gasteiger partial charge in [-0.3, -0.25) is 9.48 Å². The highest BCUT2D eigenvalue weighted by atomic mass is 16.2. The standard InChI is InChI=1S/C20H19N5O/c1-24-18-15(12-22-24)11-21-19-16(18)10-17(23-19)13-5-4-6-14(9-13)20(26)25-7-2-3-8-25/h4-6,9-12,22H,2-3,7-8H2,1H3. The topological polar surface area (TPSA) is 66.8 Å². The van der Waals surface area contributed by atoms with Gasteiger partial charge in [0.2, 0.25) is 0 Å². The highest BCUT2D eigenvalue weighted by Crippen LogP contribution is 2.29. The summed E-state index contributed by atoms with van der Waals surface area (Å²) in [5.74, 6) is 0.109. The summed E-state index contributed by atoms with van der Waals surface area (Å²) in [4.78, 5) is 23.8. The van der Waals surface area contributed by atoms with Gasteiger partial charge in [-0.05, 0) is 31.0 Å². The van der Waals surface area contributed by atoms with Gasteiger partial charge in [0, 0.05) is 54.4 Å². The molecule has 0 unspecified atom stereocenters. The maximum Gasteiger partial charge on any atom is 0.253 e. The van der Waals surface area contributed by atoms with Crippen LogP contribution in [0.1, 0.15) is 23.2 Å². The van der Waals surface area contributed by atoms with E-state index in [1.54, 1.807) is 0 Å². The number of nitrogens with zero attached hydrogens (tertiary/aromatic N) is 4. The van der Waals surface area contributed by atoms with Crippen LogP contribution in [-0.4, -0.2) is 43.6 Å². The summed E-state index contributed by atoms with van der Waals surface area (Å²) in [7, 11) is 1.98. The zero-order chi connectivity index (χ0) is 17.7. The molecule has 0 aliphatic carbocycles. The summed E-state index contributed by atoms with van der Waals surface area (Å²) in [6.45, 7) is 1.71. The molecule has 1 aliphatic rings. The number of likely N-dealkylation sites (tertiary alicyclic amines) is 1. The maximum absolute atomic E-state index is 12.7. The van der Waals surface area contributed by atoms with Gasteiger partial charge in [0.1, 0.15) is 0 Å². The van der Waals surface area contributed by atoms with Crippen molar-refractivity contribution in [1.29, 1.82) is 0 Å². The number of hydrogen-bond donors (Lipinski definition) is 1. The van der Waals surface area contributed by atoms with Crippen LogP contribution in [-0.2, 0) is 7.05 Å². The first kappa shape index (κ1) is 15.1. The van der Waals surface area contributed by atoms with Crippen molar-refractivity contribution < 1.29 is 4.79 Å². The van der Waals surface area contributed by atoms with Gasteiger partial charge >= 0.3 is 0 Å². The Morgan fingerprint density at radius 3 is 2.88 bits per heavy atom. The molecular formula is C20H19N5O. The van der Waals surface area contributed by atoms with E-state index < -0.39 is 0 Å². The lowest BCUT2D eigenvalue weighted by Gasteiger charge is -2.15. The van der Waals surface area contributed by atoms with Gasteiger partial charge in [-0.2, -0.15) is 0 Å². The predicted molar refractivity (Wildman–Crippen MR) is 101 cm³/mol. The van der Waals surface area contributed by atoms with Crippen LogP contribution in [0.25, 0.3) is 33.2 Å². The van der Waals surface area contributed by atoms with E-state index in [2.05, 4.69) is 21.1 Å². The highest BCUT2D eigenvalue weighted by molar-refractivity contribution is 6.04. The van der Waals surface area contributed by atoms with Crippen molar-refractivity contribution in [3.05, 3.63) is 48.3 Å². The van der Waals surface area contributed by atoms with Crippen molar-refractivity contribution in [3.8, 4) is 11.3 Å². The van der Waals surface area contributed by atoms with E-state index in [1.165, 1.54) is 0 Å². The smallest absolute Gasteiger partial charge is 0.253 e. The Bertz CT molecular complexity index is 1130. The molecule has 0 spiro atoms. The molecule has 3 aromatic heterocycles. The lowest BCUT2D eigenvalue weighted by Crippen LogP contribution is -2.27. The van der Waals surface area contributed by atoms with Gasteiger partial charge in [-0.25, -0.2) is 9.97 Å². The number of fused-ring (bicyclic) bond motifs is 3. The summed E-state index contributed by atoms with van der Waals surface area (Å²) >= 11 is 0. The largest absolute Gasteiger partial charge is 0.339 e. The second-order valence-corrected chi connectivity index (χ2v) is 6.85. The van der Waals surface area contributed by atoms with Crippen molar-refractivity contribution >= 4 is 27.8 Å². The van der Waals surface area contributed by atoms with Gasteiger partial charge in [-0.15, -0.1) is 0 Å². The molecule has 0 radical (unpaired) electrons. The van der Waals surface area contributed by atoms with Crippen molar-refractivity contribution in [2.75, 3.05) is 13.1 Å². The van der Waals surface area contributed by atoms with Crippen molar-refractivity contribution in [1.82, 2.24) is 24.6 Å². The SMILES string of the molecule is Cn1[nH]cc2cnc3nc(-c4cccc(C(=O)N5CCCC5)c4)cc3c21. The second kappa shape index (κ2) is 5.69. The number of benzene rings is 1. The van der Waals surface area contributed by atoms with Crippen LogP contribution >= 0.6 is 0 Å². The molecule has 1 fully saturated rings. The minimum absolute atomic E-state index is 0.109. The number of aromatic amines is 1. The van der Waals surface area contributed by atoms with Gasteiger partial charge in [0.15, 0.2) is 5.65 Å². The predicted octanol–water partition coefficient (Wildman–Crippen LogP) is 3.35. The molecule has 0 atom stereocenters. The molecule has 6 heteroatoms. The molecule has 1 saturated heterocycles.